The molecule has 0 saturated carbocycles. The molecule has 0 unspecified atom stereocenters. The van der Waals surface area contributed by atoms with Crippen molar-refractivity contribution in [1.82, 2.24) is 4.90 Å². The highest BCUT2D eigenvalue weighted by molar-refractivity contribution is 7.91. The smallest absolute Gasteiger partial charge is 0.253 e. The molecular formula is C21H21NO4S2. The highest BCUT2D eigenvalue weighted by atomic mass is 32.2. The van der Waals surface area contributed by atoms with Crippen LogP contribution >= 0.6 is 11.3 Å². The van der Waals surface area contributed by atoms with E-state index in [-0.39, 0.29) is 37.1 Å². The molecule has 0 radical (unpaired) electrons. The van der Waals surface area contributed by atoms with Crippen LogP contribution in [0, 0.1) is 6.92 Å². The molecule has 1 aliphatic rings. The van der Waals surface area contributed by atoms with Crippen molar-refractivity contribution in [1.29, 1.82) is 0 Å². The fourth-order valence-electron chi connectivity index (χ4n) is 3.58. The number of hydrogen-bond donors (Lipinski definition) is 1. The van der Waals surface area contributed by atoms with Crippen LogP contribution in [0.25, 0.3) is 21.2 Å². The lowest BCUT2D eigenvalue weighted by molar-refractivity contribution is 0.0770. The molecule has 28 heavy (non-hydrogen) atoms. The van der Waals surface area contributed by atoms with Crippen molar-refractivity contribution in [2.24, 2.45) is 0 Å². The maximum absolute atomic E-state index is 12.8. The predicted molar refractivity (Wildman–Crippen MR) is 112 cm³/mol. The second-order valence-corrected chi connectivity index (χ2v) is 10.3. The van der Waals surface area contributed by atoms with E-state index in [1.54, 1.807) is 16.2 Å². The molecule has 1 fully saturated rings. The normalized spacial score (nSPS) is 16.4. The largest absolute Gasteiger partial charge is 0.392 e. The summed E-state index contributed by atoms with van der Waals surface area (Å²) >= 11 is 1.66. The van der Waals surface area contributed by atoms with Crippen molar-refractivity contribution >= 4 is 37.2 Å². The van der Waals surface area contributed by atoms with Gasteiger partial charge in [0.2, 0.25) is 0 Å². The average molecular weight is 416 g/mol. The van der Waals surface area contributed by atoms with Crippen molar-refractivity contribution < 1.29 is 18.3 Å². The van der Waals surface area contributed by atoms with Gasteiger partial charge in [-0.3, -0.25) is 4.79 Å². The topological polar surface area (TPSA) is 74.7 Å². The summed E-state index contributed by atoms with van der Waals surface area (Å²) in [5.41, 5.74) is 4.59. The zero-order valence-electron chi connectivity index (χ0n) is 15.5. The maximum Gasteiger partial charge on any atom is 0.253 e. The third-order valence-corrected chi connectivity index (χ3v) is 7.79. The Labute approximate surface area is 168 Å². The Balaban J connectivity index is 1.64. The van der Waals surface area contributed by atoms with E-state index < -0.39 is 9.84 Å². The Kier molecular flexibility index (Phi) is 4.99. The first-order valence-electron chi connectivity index (χ1n) is 9.10. The Bertz CT molecular complexity index is 1150. The minimum absolute atomic E-state index is 0.00318. The van der Waals surface area contributed by atoms with Crippen LogP contribution in [0.15, 0.2) is 41.8 Å². The quantitative estimate of drug-likeness (QED) is 0.713. The van der Waals surface area contributed by atoms with E-state index in [4.69, 9.17) is 0 Å². The molecule has 2 aromatic carbocycles. The number of aliphatic hydroxyl groups excluding tert-OH is 1. The number of amides is 1. The number of aliphatic hydroxyl groups is 1. The number of hydrogen-bond acceptors (Lipinski definition) is 5. The third-order valence-electron chi connectivity index (χ3n) is 5.22. The van der Waals surface area contributed by atoms with E-state index >= 15 is 0 Å². The summed E-state index contributed by atoms with van der Waals surface area (Å²) in [6, 6.07) is 11.6. The second kappa shape index (κ2) is 7.31. The first-order valence-corrected chi connectivity index (χ1v) is 11.8. The maximum atomic E-state index is 12.8. The Morgan fingerprint density at radius 3 is 2.54 bits per heavy atom. The molecule has 2 heterocycles. The van der Waals surface area contributed by atoms with Crippen LogP contribution in [-0.2, 0) is 16.4 Å². The number of carbonyl (C=O) groups is 1. The third kappa shape index (κ3) is 3.57. The van der Waals surface area contributed by atoms with E-state index in [0.29, 0.717) is 5.56 Å². The molecule has 1 N–H and O–H groups in total. The van der Waals surface area contributed by atoms with Crippen molar-refractivity contribution in [2.75, 3.05) is 24.6 Å². The number of sulfone groups is 1. The van der Waals surface area contributed by atoms with E-state index in [1.165, 1.54) is 0 Å². The number of benzene rings is 2. The van der Waals surface area contributed by atoms with Gasteiger partial charge in [-0.1, -0.05) is 12.1 Å². The van der Waals surface area contributed by atoms with Crippen LogP contribution in [0.3, 0.4) is 0 Å². The van der Waals surface area contributed by atoms with Gasteiger partial charge in [-0.05, 0) is 53.3 Å². The molecular weight excluding hydrogens is 394 g/mol. The highest BCUT2D eigenvalue weighted by Gasteiger charge is 2.26. The highest BCUT2D eigenvalue weighted by Crippen LogP contribution is 2.36. The molecule has 146 valence electrons. The van der Waals surface area contributed by atoms with Gasteiger partial charge in [0.1, 0.15) is 0 Å². The van der Waals surface area contributed by atoms with Gasteiger partial charge in [-0.15, -0.1) is 11.3 Å². The van der Waals surface area contributed by atoms with Crippen molar-refractivity contribution in [3.05, 3.63) is 58.5 Å². The van der Waals surface area contributed by atoms with Crippen molar-refractivity contribution in [2.45, 2.75) is 13.5 Å². The van der Waals surface area contributed by atoms with Crippen LogP contribution in [0.4, 0.5) is 0 Å². The first kappa shape index (κ1) is 19.1. The van der Waals surface area contributed by atoms with Gasteiger partial charge in [0.15, 0.2) is 9.84 Å². The number of rotatable bonds is 3. The molecule has 3 aromatic rings. The molecule has 7 heteroatoms. The zero-order chi connectivity index (χ0) is 19.9. The summed E-state index contributed by atoms with van der Waals surface area (Å²) in [6.45, 7) is 2.48. The Morgan fingerprint density at radius 2 is 1.86 bits per heavy atom. The fourth-order valence-corrected chi connectivity index (χ4v) is 5.72. The number of carbonyl (C=O) groups excluding carboxylic acids is 1. The summed E-state index contributed by atoms with van der Waals surface area (Å²) in [7, 11) is -3.01. The fraction of sp³-hybridized carbons (Fsp3) is 0.286. The minimum atomic E-state index is -3.01. The monoisotopic (exact) mass is 415 g/mol. The Hall–Kier alpha value is -2.22. The van der Waals surface area contributed by atoms with Crippen LogP contribution in [0.2, 0.25) is 0 Å². The molecule has 5 nitrogen and oxygen atoms in total. The lowest BCUT2D eigenvalue weighted by Gasteiger charge is -2.27. The molecule has 1 amide bonds. The molecule has 1 aromatic heterocycles. The molecule has 0 aliphatic carbocycles. The Morgan fingerprint density at radius 1 is 1.11 bits per heavy atom. The van der Waals surface area contributed by atoms with Gasteiger partial charge in [0.05, 0.1) is 18.1 Å². The van der Waals surface area contributed by atoms with E-state index in [0.717, 1.165) is 32.3 Å². The number of fused-ring (bicyclic) bond motifs is 1. The predicted octanol–water partition coefficient (Wildman–Crippen LogP) is 3.24. The lowest BCUT2D eigenvalue weighted by atomic mass is 9.97. The zero-order valence-corrected chi connectivity index (χ0v) is 17.1. The van der Waals surface area contributed by atoms with Gasteiger partial charge in [-0.25, -0.2) is 8.42 Å². The molecule has 0 spiro atoms. The van der Waals surface area contributed by atoms with Crippen LogP contribution in [-0.4, -0.2) is 48.9 Å². The van der Waals surface area contributed by atoms with Crippen LogP contribution in [0.1, 0.15) is 21.5 Å². The summed E-state index contributed by atoms with van der Waals surface area (Å²) in [5, 5.41) is 12.6. The molecule has 1 saturated heterocycles. The minimum Gasteiger partial charge on any atom is -0.392 e. The summed E-state index contributed by atoms with van der Waals surface area (Å²) in [5.74, 6) is -0.0596. The summed E-state index contributed by atoms with van der Waals surface area (Å²) in [6.07, 6.45) is 0. The van der Waals surface area contributed by atoms with Crippen molar-refractivity contribution in [3.63, 3.8) is 0 Å². The second-order valence-electron chi connectivity index (χ2n) is 7.11. The summed E-state index contributed by atoms with van der Waals surface area (Å²) < 4.78 is 24.3. The first-order chi connectivity index (χ1) is 13.4. The van der Waals surface area contributed by atoms with Gasteiger partial charge < -0.3 is 10.0 Å². The van der Waals surface area contributed by atoms with E-state index in [2.05, 4.69) is 5.38 Å². The number of aryl methyl sites for hydroxylation is 1. The lowest BCUT2D eigenvalue weighted by Crippen LogP contribution is -2.43. The SMILES string of the molecule is Cc1cc(C(=O)N2CCS(=O)(=O)CC2)ccc1-c1csc2ccc(CO)cc12. The van der Waals surface area contributed by atoms with Crippen molar-refractivity contribution in [3.8, 4) is 11.1 Å². The standard InChI is InChI=1S/C21H21NO4S2/c1-14-10-16(21(24)22-6-8-28(25,26)9-7-22)3-4-17(14)19-13-27-20-5-2-15(12-23)11-18(19)20/h2-5,10-11,13,23H,6-9,12H2,1H3. The summed E-state index contributed by atoms with van der Waals surface area (Å²) in [4.78, 5) is 14.4. The van der Waals surface area contributed by atoms with Crippen LogP contribution < -0.4 is 0 Å². The average Bonchev–Trinajstić information content (AvgIpc) is 3.10. The molecule has 1 aliphatic heterocycles. The number of nitrogens with zero attached hydrogens (tertiary/aromatic N) is 1. The van der Waals surface area contributed by atoms with Gasteiger partial charge in [-0.2, -0.15) is 0 Å². The van der Waals surface area contributed by atoms with E-state index in [1.807, 2.05) is 43.3 Å². The molecule has 0 atom stereocenters. The molecule has 4 rings (SSSR count). The van der Waals surface area contributed by atoms with Gasteiger partial charge >= 0.3 is 0 Å². The van der Waals surface area contributed by atoms with Gasteiger partial charge in [0, 0.05) is 34.3 Å². The van der Waals surface area contributed by atoms with E-state index in [9.17, 15) is 18.3 Å². The van der Waals surface area contributed by atoms with Crippen LogP contribution in [0.5, 0.6) is 0 Å². The number of thiophene rings is 1. The van der Waals surface area contributed by atoms with Gasteiger partial charge in [0.25, 0.3) is 5.91 Å². The molecule has 0 bridgehead atoms.